The molecule has 1 N–H and O–H groups in total. The van der Waals surface area contributed by atoms with Gasteiger partial charge in [-0.3, -0.25) is 9.59 Å². The number of benzene rings is 1. The van der Waals surface area contributed by atoms with E-state index in [9.17, 15) is 19.1 Å². The van der Waals surface area contributed by atoms with Crippen LogP contribution in [0.1, 0.15) is 13.8 Å². The van der Waals surface area contributed by atoms with E-state index in [4.69, 9.17) is 0 Å². The third-order valence-electron chi connectivity index (χ3n) is 4.18. The van der Waals surface area contributed by atoms with Gasteiger partial charge in [0.05, 0.1) is 23.9 Å². The molecule has 3 rings (SSSR count). The zero-order valence-corrected chi connectivity index (χ0v) is 11.3. The van der Waals surface area contributed by atoms with Crippen LogP contribution in [-0.4, -0.2) is 25.7 Å². The Morgan fingerprint density at radius 2 is 1.50 bits per heavy atom. The van der Waals surface area contributed by atoms with Crippen molar-refractivity contribution in [3.63, 3.8) is 0 Å². The number of aromatic nitrogens is 2. The smallest absolute Gasteiger partial charge is 0.273 e. The first kappa shape index (κ1) is 13.1. The van der Waals surface area contributed by atoms with Crippen molar-refractivity contribution in [3.8, 4) is 0 Å². The van der Waals surface area contributed by atoms with Gasteiger partial charge in [-0.2, -0.15) is 0 Å². The lowest BCUT2D eigenvalue weighted by Gasteiger charge is -2.42. The van der Waals surface area contributed by atoms with Gasteiger partial charge in [-0.25, -0.2) is 13.8 Å². The van der Waals surface area contributed by atoms with E-state index in [1.165, 1.54) is 13.8 Å². The van der Waals surface area contributed by atoms with Gasteiger partial charge in [-0.1, -0.05) is 12.1 Å². The lowest BCUT2D eigenvalue weighted by molar-refractivity contribution is -0.128. The van der Waals surface area contributed by atoms with E-state index >= 15 is 0 Å². The molecule has 1 aromatic carbocycles. The number of nitrogens with zero attached hydrogens (tertiary/aromatic N) is 2. The molecular weight excluding hydrogens is 263 g/mol. The molecule has 0 aliphatic carbocycles. The molecule has 0 saturated carbocycles. The van der Waals surface area contributed by atoms with Gasteiger partial charge >= 0.3 is 0 Å². The van der Waals surface area contributed by atoms with Crippen molar-refractivity contribution in [2.24, 2.45) is 0 Å². The Labute approximate surface area is 113 Å². The summed E-state index contributed by atoms with van der Waals surface area (Å²) in [5.41, 5.74) is -4.49. The van der Waals surface area contributed by atoms with Crippen molar-refractivity contribution in [2.45, 2.75) is 38.2 Å². The maximum Gasteiger partial charge on any atom is 0.273 e. The van der Waals surface area contributed by atoms with Crippen LogP contribution in [0.25, 0.3) is 10.8 Å². The van der Waals surface area contributed by atoms with Gasteiger partial charge in [-0.15, -0.1) is 0 Å². The molecule has 5 nitrogen and oxygen atoms in total. The second-order valence-corrected chi connectivity index (χ2v) is 5.74. The lowest BCUT2D eigenvalue weighted by Crippen LogP contribution is -2.61. The molecule has 2 aromatic rings. The molecule has 0 fully saturated rings. The van der Waals surface area contributed by atoms with Crippen LogP contribution in [0.5, 0.6) is 0 Å². The maximum absolute atomic E-state index is 14.5. The number of halogens is 1. The Hall–Kier alpha value is -1.95. The molecule has 1 aromatic heterocycles. The molecule has 0 bridgehead atoms. The van der Waals surface area contributed by atoms with E-state index in [1.807, 2.05) is 0 Å². The van der Waals surface area contributed by atoms with Crippen molar-refractivity contribution >= 4 is 10.8 Å². The van der Waals surface area contributed by atoms with Gasteiger partial charge in [0.2, 0.25) is 0 Å². The van der Waals surface area contributed by atoms with Crippen LogP contribution in [-0.2, 0) is 13.1 Å². The molecule has 1 aliphatic heterocycles. The number of rotatable bonds is 0. The predicted octanol–water partition coefficient (Wildman–Crippen LogP) is 0.656. The monoisotopic (exact) mass is 278 g/mol. The molecule has 6 heteroatoms. The van der Waals surface area contributed by atoms with Crippen LogP contribution >= 0.6 is 0 Å². The zero-order chi connectivity index (χ0) is 14.7. The van der Waals surface area contributed by atoms with Crippen molar-refractivity contribution < 1.29 is 9.50 Å². The average Bonchev–Trinajstić information content (AvgIpc) is 2.38. The van der Waals surface area contributed by atoms with Crippen molar-refractivity contribution in [2.75, 3.05) is 0 Å². The van der Waals surface area contributed by atoms with Crippen LogP contribution < -0.4 is 11.1 Å². The summed E-state index contributed by atoms with van der Waals surface area (Å²) in [6.45, 7) is 1.98. The topological polar surface area (TPSA) is 64.2 Å². The highest BCUT2D eigenvalue weighted by Crippen LogP contribution is 2.32. The predicted molar refractivity (Wildman–Crippen MR) is 72.6 cm³/mol. The van der Waals surface area contributed by atoms with Crippen molar-refractivity contribution in [1.29, 1.82) is 0 Å². The summed E-state index contributed by atoms with van der Waals surface area (Å²) in [5, 5.41) is 10.7. The van der Waals surface area contributed by atoms with Crippen molar-refractivity contribution in [1.82, 2.24) is 9.36 Å². The fraction of sp³-hybridized carbons (Fsp3) is 0.429. The lowest BCUT2D eigenvalue weighted by atomic mass is 9.86. The Morgan fingerprint density at radius 1 is 1.05 bits per heavy atom. The molecule has 2 heterocycles. The van der Waals surface area contributed by atoms with Gasteiger partial charge in [0.1, 0.15) is 5.60 Å². The van der Waals surface area contributed by atoms with Crippen LogP contribution in [0.15, 0.2) is 33.9 Å². The largest absolute Gasteiger partial charge is 0.385 e. The molecule has 0 saturated heterocycles. The SMILES string of the molecule is C[C@@]1(O)Cn2c(=O)c3ccccc3c(=O)n2C[C@@]1(C)F. The molecule has 20 heavy (non-hydrogen) atoms. The minimum atomic E-state index is -1.98. The first-order chi connectivity index (χ1) is 9.24. The molecule has 2 atom stereocenters. The second kappa shape index (κ2) is 3.79. The Balaban J connectivity index is 2.42. The highest BCUT2D eigenvalue weighted by molar-refractivity contribution is 5.80. The summed E-state index contributed by atoms with van der Waals surface area (Å²) in [7, 11) is 0. The van der Waals surface area contributed by atoms with Gasteiger partial charge < -0.3 is 5.11 Å². The molecular formula is C14H15FN2O3. The van der Waals surface area contributed by atoms with E-state index in [-0.39, 0.29) is 23.9 Å². The number of aliphatic hydroxyl groups is 1. The van der Waals surface area contributed by atoms with Gasteiger partial charge in [0, 0.05) is 0 Å². The second-order valence-electron chi connectivity index (χ2n) is 5.74. The minimum absolute atomic E-state index is 0.251. The average molecular weight is 278 g/mol. The standard InChI is InChI=1S/C14H15FN2O3/c1-13(15)7-16-11(18)9-5-3-4-6-10(9)12(19)17(16)8-14(13,2)20/h3-6,20H,7-8H2,1-2H3/t13-,14-/m1/s1. The maximum atomic E-state index is 14.5. The summed E-state index contributed by atoms with van der Waals surface area (Å²) < 4.78 is 16.7. The molecule has 1 aliphatic rings. The quantitative estimate of drug-likeness (QED) is 0.770. The van der Waals surface area contributed by atoms with Crippen molar-refractivity contribution in [3.05, 3.63) is 45.0 Å². The van der Waals surface area contributed by atoms with Gasteiger partial charge in [-0.05, 0) is 26.0 Å². The summed E-state index contributed by atoms with van der Waals surface area (Å²) >= 11 is 0. The Morgan fingerprint density at radius 3 is 2.00 bits per heavy atom. The zero-order valence-electron chi connectivity index (χ0n) is 11.3. The fourth-order valence-electron chi connectivity index (χ4n) is 2.58. The normalized spacial score (nSPS) is 29.4. The highest BCUT2D eigenvalue weighted by Gasteiger charge is 2.49. The number of hydrogen-bond donors (Lipinski definition) is 1. The number of fused-ring (bicyclic) bond motifs is 2. The first-order valence-electron chi connectivity index (χ1n) is 6.38. The molecule has 0 radical (unpaired) electrons. The van der Waals surface area contributed by atoms with E-state index in [1.54, 1.807) is 24.3 Å². The van der Waals surface area contributed by atoms with Crippen LogP contribution in [0.3, 0.4) is 0 Å². The molecule has 0 unspecified atom stereocenters. The first-order valence-corrected chi connectivity index (χ1v) is 6.38. The molecule has 0 spiro atoms. The van der Waals surface area contributed by atoms with Crippen LogP contribution in [0, 0.1) is 0 Å². The third-order valence-corrected chi connectivity index (χ3v) is 4.18. The van der Waals surface area contributed by atoms with E-state index < -0.39 is 22.4 Å². The Kier molecular flexibility index (Phi) is 2.47. The minimum Gasteiger partial charge on any atom is -0.385 e. The van der Waals surface area contributed by atoms with E-state index in [0.717, 1.165) is 9.36 Å². The number of alkyl halides is 1. The van der Waals surface area contributed by atoms with E-state index in [0.29, 0.717) is 0 Å². The molecule has 106 valence electrons. The van der Waals surface area contributed by atoms with Gasteiger partial charge in [0.25, 0.3) is 11.1 Å². The van der Waals surface area contributed by atoms with Gasteiger partial charge in [0.15, 0.2) is 5.67 Å². The van der Waals surface area contributed by atoms with Crippen LogP contribution in [0.4, 0.5) is 4.39 Å². The summed E-state index contributed by atoms with van der Waals surface area (Å²) in [5.74, 6) is 0. The molecule has 0 amide bonds. The number of hydrogen-bond acceptors (Lipinski definition) is 3. The summed E-state index contributed by atoms with van der Waals surface area (Å²) in [6, 6.07) is 6.44. The van der Waals surface area contributed by atoms with Crippen LogP contribution in [0.2, 0.25) is 0 Å². The highest BCUT2D eigenvalue weighted by atomic mass is 19.1. The summed E-state index contributed by atoms with van der Waals surface area (Å²) in [6.07, 6.45) is 0. The Bertz CT molecular complexity index is 749. The summed E-state index contributed by atoms with van der Waals surface area (Å²) in [4.78, 5) is 24.8. The third kappa shape index (κ3) is 1.57. The fourth-order valence-corrected chi connectivity index (χ4v) is 2.58. The van der Waals surface area contributed by atoms with E-state index in [2.05, 4.69) is 0 Å².